The van der Waals surface area contributed by atoms with Gasteiger partial charge in [0.05, 0.1) is 5.71 Å². The molecule has 0 spiro atoms. The maximum atomic E-state index is 10.7. The van der Waals surface area contributed by atoms with E-state index >= 15 is 0 Å². The summed E-state index contributed by atoms with van der Waals surface area (Å²) in [4.78, 5) is 4.86. The van der Waals surface area contributed by atoms with Gasteiger partial charge >= 0.3 is 0 Å². The standard InChI is InChI=1S/C33H39N3O2/c1-5-6-12-30(35)29-16-14-27(21-32(29)37)28-15-13-25(22-34)20-33(28)38-24(4)19-31(36-18-17-23(2)3)26-10-8-7-9-11-26/h7-16,19-23,34,37H,5-6,17-18,35H2,1-4H3/b24-19+,30-12+,34-22?,36-31?. The van der Waals surface area contributed by atoms with Gasteiger partial charge < -0.3 is 21.0 Å². The Bertz CT molecular complexity index is 1320. The fourth-order valence-electron chi connectivity index (χ4n) is 3.97. The van der Waals surface area contributed by atoms with Crippen LogP contribution in [0.1, 0.15) is 63.6 Å². The maximum absolute atomic E-state index is 10.7. The number of phenolic OH excluding ortho intramolecular Hbond substituents is 1. The third-order valence-corrected chi connectivity index (χ3v) is 6.11. The molecule has 0 atom stereocenters. The zero-order valence-corrected chi connectivity index (χ0v) is 22.9. The summed E-state index contributed by atoms with van der Waals surface area (Å²) in [5.41, 5.74) is 11.6. The number of benzene rings is 3. The van der Waals surface area contributed by atoms with Crippen molar-refractivity contribution >= 4 is 17.6 Å². The van der Waals surface area contributed by atoms with Gasteiger partial charge in [-0.2, -0.15) is 0 Å². The van der Waals surface area contributed by atoms with Gasteiger partial charge in [-0.05, 0) is 66.6 Å². The first kappa shape index (κ1) is 28.5. The number of nitrogens with zero attached hydrogens (tertiary/aromatic N) is 1. The molecule has 3 aromatic carbocycles. The fourth-order valence-corrected chi connectivity index (χ4v) is 3.97. The van der Waals surface area contributed by atoms with E-state index in [0.717, 1.165) is 53.8 Å². The summed E-state index contributed by atoms with van der Waals surface area (Å²) in [5.74, 6) is 1.96. The van der Waals surface area contributed by atoms with Crippen molar-refractivity contribution in [1.82, 2.24) is 0 Å². The van der Waals surface area contributed by atoms with Gasteiger partial charge in [-0.15, -0.1) is 0 Å². The van der Waals surface area contributed by atoms with Crippen LogP contribution in [0.25, 0.3) is 16.8 Å². The first-order valence-electron chi connectivity index (χ1n) is 13.2. The molecule has 3 rings (SSSR count). The second-order valence-electron chi connectivity index (χ2n) is 9.75. The predicted molar refractivity (Wildman–Crippen MR) is 160 cm³/mol. The Morgan fingerprint density at radius 3 is 2.50 bits per heavy atom. The molecular formula is C33H39N3O2. The van der Waals surface area contributed by atoms with Crippen LogP contribution in [0, 0.1) is 11.3 Å². The Kier molecular flexibility index (Phi) is 10.5. The molecule has 0 saturated heterocycles. The SMILES string of the molecule is CCC/C=C(/N)c1ccc(-c2ccc(C=N)cc2O/C(C)=C/C(=NCCC(C)C)c2ccccc2)cc1O. The number of hydrogen-bond acceptors (Lipinski definition) is 5. The molecule has 0 bridgehead atoms. The molecule has 0 amide bonds. The number of nitrogens with two attached hydrogens (primary N) is 1. The summed E-state index contributed by atoms with van der Waals surface area (Å²) in [7, 11) is 0. The molecule has 0 aliphatic rings. The van der Waals surface area contributed by atoms with Crippen LogP contribution in [0.2, 0.25) is 0 Å². The highest BCUT2D eigenvalue weighted by molar-refractivity contribution is 6.09. The number of aromatic hydroxyl groups is 1. The van der Waals surface area contributed by atoms with E-state index in [0.29, 0.717) is 28.7 Å². The first-order valence-corrected chi connectivity index (χ1v) is 13.2. The van der Waals surface area contributed by atoms with Crippen LogP contribution in [-0.4, -0.2) is 23.6 Å². The molecule has 0 unspecified atom stereocenters. The Labute approximate surface area is 226 Å². The van der Waals surface area contributed by atoms with E-state index in [1.54, 1.807) is 6.07 Å². The average Bonchev–Trinajstić information content (AvgIpc) is 2.91. The van der Waals surface area contributed by atoms with Crippen molar-refractivity contribution < 1.29 is 9.84 Å². The van der Waals surface area contributed by atoms with Crippen LogP contribution in [0.15, 0.2) is 89.6 Å². The normalized spacial score (nSPS) is 12.6. The van der Waals surface area contributed by atoms with E-state index in [4.69, 9.17) is 20.9 Å². The number of allylic oxidation sites excluding steroid dienone is 3. The monoisotopic (exact) mass is 509 g/mol. The minimum Gasteiger partial charge on any atom is -0.507 e. The van der Waals surface area contributed by atoms with Gasteiger partial charge in [0.1, 0.15) is 17.3 Å². The van der Waals surface area contributed by atoms with Gasteiger partial charge in [0.2, 0.25) is 0 Å². The number of phenols is 1. The van der Waals surface area contributed by atoms with Crippen LogP contribution in [0.5, 0.6) is 11.5 Å². The Balaban J connectivity index is 1.97. The summed E-state index contributed by atoms with van der Waals surface area (Å²) >= 11 is 0. The summed E-state index contributed by atoms with van der Waals surface area (Å²) in [6.45, 7) is 9.12. The van der Waals surface area contributed by atoms with Gasteiger partial charge in [-0.3, -0.25) is 4.99 Å². The molecule has 0 heterocycles. The second-order valence-corrected chi connectivity index (χ2v) is 9.75. The van der Waals surface area contributed by atoms with Crippen LogP contribution < -0.4 is 10.5 Å². The summed E-state index contributed by atoms with van der Waals surface area (Å²) in [6, 6.07) is 21.1. The maximum Gasteiger partial charge on any atom is 0.135 e. The van der Waals surface area contributed by atoms with E-state index in [1.807, 2.05) is 79.7 Å². The van der Waals surface area contributed by atoms with E-state index in [2.05, 4.69) is 20.8 Å². The Hall–Kier alpha value is -4.12. The topological polar surface area (TPSA) is 91.7 Å². The van der Waals surface area contributed by atoms with Crippen LogP contribution in [0.3, 0.4) is 0 Å². The van der Waals surface area contributed by atoms with Crippen molar-refractivity contribution in [2.45, 2.75) is 47.0 Å². The largest absolute Gasteiger partial charge is 0.507 e. The predicted octanol–water partition coefficient (Wildman–Crippen LogP) is 7.97. The van der Waals surface area contributed by atoms with Gasteiger partial charge in [-0.25, -0.2) is 0 Å². The molecule has 5 heteroatoms. The van der Waals surface area contributed by atoms with Crippen molar-refractivity contribution in [2.24, 2.45) is 16.6 Å². The average molecular weight is 510 g/mol. The number of nitrogens with one attached hydrogen (secondary N) is 1. The number of rotatable bonds is 12. The zero-order chi connectivity index (χ0) is 27.5. The molecular weight excluding hydrogens is 470 g/mol. The van der Waals surface area contributed by atoms with E-state index in [1.165, 1.54) is 6.21 Å². The lowest BCUT2D eigenvalue weighted by atomic mass is 9.99. The molecule has 38 heavy (non-hydrogen) atoms. The van der Waals surface area contributed by atoms with E-state index in [9.17, 15) is 5.11 Å². The van der Waals surface area contributed by atoms with Crippen LogP contribution in [0.4, 0.5) is 0 Å². The van der Waals surface area contributed by atoms with Crippen LogP contribution >= 0.6 is 0 Å². The Morgan fingerprint density at radius 2 is 1.84 bits per heavy atom. The third-order valence-electron chi connectivity index (χ3n) is 6.11. The summed E-state index contributed by atoms with van der Waals surface area (Å²) < 4.78 is 6.35. The molecule has 4 N–H and O–H groups in total. The highest BCUT2D eigenvalue weighted by Gasteiger charge is 2.13. The highest BCUT2D eigenvalue weighted by Crippen LogP contribution is 2.36. The molecule has 0 radical (unpaired) electrons. The molecule has 3 aromatic rings. The van der Waals surface area contributed by atoms with E-state index < -0.39 is 0 Å². The van der Waals surface area contributed by atoms with Gasteiger partial charge in [0, 0.05) is 35.7 Å². The third kappa shape index (κ3) is 7.94. The van der Waals surface area contributed by atoms with Crippen molar-refractivity contribution in [3.05, 3.63) is 101 Å². The summed E-state index contributed by atoms with van der Waals surface area (Å²) in [5, 5.41) is 18.5. The minimum absolute atomic E-state index is 0.116. The highest BCUT2D eigenvalue weighted by atomic mass is 16.5. The molecule has 0 aliphatic heterocycles. The lowest BCUT2D eigenvalue weighted by Crippen LogP contribution is -2.04. The lowest BCUT2D eigenvalue weighted by molar-refractivity contribution is 0.430. The zero-order valence-electron chi connectivity index (χ0n) is 22.9. The molecule has 0 aliphatic carbocycles. The molecule has 0 aromatic heterocycles. The number of unbranched alkanes of at least 4 members (excludes halogenated alkanes) is 1. The molecule has 5 nitrogen and oxygen atoms in total. The minimum atomic E-state index is 0.116. The van der Waals surface area contributed by atoms with Crippen molar-refractivity contribution in [2.75, 3.05) is 6.54 Å². The summed E-state index contributed by atoms with van der Waals surface area (Å²) in [6.07, 6.45) is 8.03. The number of ether oxygens (including phenoxy) is 1. The number of aliphatic imine (C=N–C) groups is 1. The van der Waals surface area contributed by atoms with Crippen molar-refractivity contribution in [3.8, 4) is 22.6 Å². The van der Waals surface area contributed by atoms with Gasteiger partial charge in [0.25, 0.3) is 0 Å². The lowest BCUT2D eigenvalue weighted by Gasteiger charge is -2.15. The van der Waals surface area contributed by atoms with E-state index in [-0.39, 0.29) is 5.75 Å². The molecule has 0 saturated carbocycles. The quantitative estimate of drug-likeness (QED) is 0.171. The first-order chi connectivity index (χ1) is 18.3. The molecule has 0 fully saturated rings. The van der Waals surface area contributed by atoms with Gasteiger partial charge in [-0.1, -0.05) is 75.7 Å². The smallest absolute Gasteiger partial charge is 0.135 e. The molecule has 198 valence electrons. The fraction of sp³-hybridized carbons (Fsp3) is 0.273. The second kappa shape index (κ2) is 14.0. The number of hydrogen-bond donors (Lipinski definition) is 3. The Morgan fingerprint density at radius 1 is 1.08 bits per heavy atom. The van der Waals surface area contributed by atoms with Crippen LogP contribution in [-0.2, 0) is 0 Å². The van der Waals surface area contributed by atoms with Crippen molar-refractivity contribution in [3.63, 3.8) is 0 Å². The van der Waals surface area contributed by atoms with Gasteiger partial charge in [0.15, 0.2) is 0 Å². The van der Waals surface area contributed by atoms with Crippen molar-refractivity contribution in [1.29, 1.82) is 5.41 Å².